The van der Waals surface area contributed by atoms with Crippen LogP contribution in [0.25, 0.3) is 0 Å². The van der Waals surface area contributed by atoms with E-state index in [2.05, 4.69) is 10.3 Å². The molecule has 3 atom stereocenters. The highest BCUT2D eigenvalue weighted by atomic mass is 32.2. The quantitative estimate of drug-likeness (QED) is 0.638. The van der Waals surface area contributed by atoms with E-state index in [0.29, 0.717) is 18.7 Å². The Balaban J connectivity index is 1.86. The second-order valence-electron chi connectivity index (χ2n) is 8.72. The summed E-state index contributed by atoms with van der Waals surface area (Å²) in [5.41, 5.74) is 0.596. The van der Waals surface area contributed by atoms with Crippen LogP contribution in [-0.2, 0) is 32.7 Å². The Labute approximate surface area is 199 Å². The molecule has 2 aromatic rings. The number of rotatable bonds is 6. The molecule has 0 saturated heterocycles. The summed E-state index contributed by atoms with van der Waals surface area (Å²) < 4.78 is 48.6. The van der Waals surface area contributed by atoms with E-state index in [1.807, 2.05) is 6.92 Å². The Morgan fingerprint density at radius 3 is 2.85 bits per heavy atom. The van der Waals surface area contributed by atoms with Crippen molar-refractivity contribution < 1.29 is 27.4 Å². The van der Waals surface area contributed by atoms with Crippen molar-refractivity contribution in [3.63, 3.8) is 0 Å². The maximum Gasteiger partial charge on any atom is 0.243 e. The van der Waals surface area contributed by atoms with Gasteiger partial charge in [0.15, 0.2) is 0 Å². The molecule has 1 aliphatic heterocycles. The molecular formula is C22H32FN5O5S. The van der Waals surface area contributed by atoms with Gasteiger partial charge in [0.05, 0.1) is 36.5 Å². The molecule has 10 nitrogen and oxygen atoms in total. The molecule has 1 amide bonds. The number of aliphatic hydroxyl groups excluding tert-OH is 1. The summed E-state index contributed by atoms with van der Waals surface area (Å²) in [6, 6.07) is 4.44. The lowest BCUT2D eigenvalue weighted by atomic mass is 10.0. The van der Waals surface area contributed by atoms with Gasteiger partial charge in [0, 0.05) is 39.0 Å². The third-order valence-corrected chi connectivity index (χ3v) is 7.81. The van der Waals surface area contributed by atoms with E-state index < -0.39 is 28.0 Å². The molecule has 188 valence electrons. The van der Waals surface area contributed by atoms with Crippen LogP contribution in [-0.4, -0.2) is 82.5 Å². The zero-order valence-electron chi connectivity index (χ0n) is 19.7. The number of amides is 1. The Kier molecular flexibility index (Phi) is 8.74. The average Bonchev–Trinajstić information content (AvgIpc) is 3.26. The van der Waals surface area contributed by atoms with Gasteiger partial charge < -0.3 is 14.7 Å². The number of ether oxygens (including phenoxy) is 1. The van der Waals surface area contributed by atoms with Gasteiger partial charge in [0.1, 0.15) is 11.5 Å². The number of halogens is 1. The first kappa shape index (κ1) is 26.2. The summed E-state index contributed by atoms with van der Waals surface area (Å²) in [5, 5.41) is 17.8. The fourth-order valence-electron chi connectivity index (χ4n) is 3.85. The highest BCUT2D eigenvalue weighted by Crippen LogP contribution is 2.21. The molecule has 0 unspecified atom stereocenters. The molecule has 1 N–H and O–H groups in total. The number of aromatic nitrogens is 3. The minimum Gasteiger partial charge on any atom is -0.394 e. The lowest BCUT2D eigenvalue weighted by molar-refractivity contribution is -0.136. The number of likely N-dealkylation sites (N-methyl/N-ethyl adjacent to an activating group) is 1. The van der Waals surface area contributed by atoms with Crippen molar-refractivity contribution in [2.45, 2.75) is 56.9 Å². The van der Waals surface area contributed by atoms with Gasteiger partial charge in [-0.25, -0.2) is 12.8 Å². The van der Waals surface area contributed by atoms with E-state index in [9.17, 15) is 22.7 Å². The fourth-order valence-corrected chi connectivity index (χ4v) is 5.07. The summed E-state index contributed by atoms with van der Waals surface area (Å²) >= 11 is 0. The number of benzene rings is 1. The first-order chi connectivity index (χ1) is 16.1. The van der Waals surface area contributed by atoms with Gasteiger partial charge in [-0.1, -0.05) is 18.2 Å². The molecule has 0 spiro atoms. The molecule has 1 aromatic carbocycles. The summed E-state index contributed by atoms with van der Waals surface area (Å²) in [6.07, 6.45) is 1.99. The van der Waals surface area contributed by atoms with E-state index in [-0.39, 0.29) is 49.4 Å². The Hall–Kier alpha value is -2.41. The number of carbonyl (C=O) groups is 1. The van der Waals surface area contributed by atoms with Gasteiger partial charge in [-0.05, 0) is 31.5 Å². The van der Waals surface area contributed by atoms with Crippen LogP contribution < -0.4 is 0 Å². The van der Waals surface area contributed by atoms with Crippen molar-refractivity contribution >= 4 is 15.9 Å². The third-order valence-electron chi connectivity index (χ3n) is 5.99. The summed E-state index contributed by atoms with van der Waals surface area (Å²) in [4.78, 5) is 14.4. The van der Waals surface area contributed by atoms with Crippen LogP contribution in [0, 0.1) is 11.7 Å². The Bertz CT molecular complexity index is 1080. The molecular weight excluding hydrogens is 465 g/mol. The van der Waals surface area contributed by atoms with Crippen LogP contribution in [0.1, 0.15) is 32.4 Å². The van der Waals surface area contributed by atoms with Crippen molar-refractivity contribution in [2.75, 3.05) is 26.7 Å². The molecule has 1 aliphatic rings. The molecule has 34 heavy (non-hydrogen) atoms. The van der Waals surface area contributed by atoms with E-state index in [0.717, 1.165) is 10.4 Å². The van der Waals surface area contributed by atoms with Crippen molar-refractivity contribution in [3.05, 3.63) is 42.0 Å². The maximum atomic E-state index is 13.6. The Morgan fingerprint density at radius 2 is 2.15 bits per heavy atom. The van der Waals surface area contributed by atoms with Crippen LogP contribution in [0.5, 0.6) is 0 Å². The number of aryl methyl sites for hydroxylation is 1. The zero-order valence-corrected chi connectivity index (χ0v) is 20.5. The lowest BCUT2D eigenvalue weighted by Gasteiger charge is -2.35. The predicted molar refractivity (Wildman–Crippen MR) is 121 cm³/mol. The number of sulfonamides is 1. The normalized spacial score (nSPS) is 21.6. The van der Waals surface area contributed by atoms with Crippen LogP contribution in [0.2, 0.25) is 0 Å². The number of hydrogen-bond donors (Lipinski definition) is 1. The highest BCUT2D eigenvalue weighted by molar-refractivity contribution is 7.89. The zero-order chi connectivity index (χ0) is 24.9. The molecule has 0 aliphatic carbocycles. The molecule has 0 radical (unpaired) electrons. The first-order valence-electron chi connectivity index (χ1n) is 11.2. The number of nitrogens with zero attached hydrogens (tertiary/aromatic N) is 5. The Morgan fingerprint density at radius 1 is 1.38 bits per heavy atom. The van der Waals surface area contributed by atoms with Crippen LogP contribution in [0.4, 0.5) is 4.39 Å². The number of fused-ring (bicyclic) bond motifs is 2. The smallest absolute Gasteiger partial charge is 0.243 e. The fraction of sp³-hybridized carbons (Fsp3) is 0.591. The van der Waals surface area contributed by atoms with Crippen molar-refractivity contribution in [3.8, 4) is 0 Å². The third kappa shape index (κ3) is 6.38. The lowest BCUT2D eigenvalue weighted by Crippen LogP contribution is -2.47. The van der Waals surface area contributed by atoms with Gasteiger partial charge in [0.2, 0.25) is 15.9 Å². The molecule has 12 heteroatoms. The van der Waals surface area contributed by atoms with Crippen molar-refractivity contribution in [1.82, 2.24) is 24.2 Å². The largest absolute Gasteiger partial charge is 0.394 e. The van der Waals surface area contributed by atoms with Crippen LogP contribution in [0.15, 0.2) is 35.4 Å². The van der Waals surface area contributed by atoms with Crippen molar-refractivity contribution in [2.24, 2.45) is 5.92 Å². The van der Waals surface area contributed by atoms with E-state index >= 15 is 0 Å². The summed E-state index contributed by atoms with van der Waals surface area (Å²) in [6.45, 7) is 4.34. The van der Waals surface area contributed by atoms with E-state index in [1.54, 1.807) is 22.7 Å². The van der Waals surface area contributed by atoms with Gasteiger partial charge in [-0.15, -0.1) is 5.10 Å². The monoisotopic (exact) mass is 497 g/mol. The van der Waals surface area contributed by atoms with Crippen LogP contribution >= 0.6 is 0 Å². The number of aliphatic hydroxyl groups is 1. The van der Waals surface area contributed by atoms with Gasteiger partial charge in [0.25, 0.3) is 0 Å². The summed E-state index contributed by atoms with van der Waals surface area (Å²) in [5.74, 6) is -1.03. The van der Waals surface area contributed by atoms with Gasteiger partial charge >= 0.3 is 0 Å². The predicted octanol–water partition coefficient (Wildman–Crippen LogP) is 1.26. The molecule has 2 bridgehead atoms. The maximum absolute atomic E-state index is 13.6. The molecule has 1 aromatic heterocycles. The number of hydrogen-bond acceptors (Lipinski definition) is 7. The minimum absolute atomic E-state index is 0.0241. The highest BCUT2D eigenvalue weighted by Gasteiger charge is 2.31. The molecule has 0 saturated carbocycles. The van der Waals surface area contributed by atoms with Gasteiger partial charge in [-0.2, -0.15) is 4.31 Å². The van der Waals surface area contributed by atoms with Crippen LogP contribution in [0.3, 0.4) is 0 Å². The minimum atomic E-state index is -3.97. The van der Waals surface area contributed by atoms with E-state index in [1.165, 1.54) is 25.2 Å². The second-order valence-corrected chi connectivity index (χ2v) is 10.8. The van der Waals surface area contributed by atoms with Crippen molar-refractivity contribution in [1.29, 1.82) is 0 Å². The standard InChI is InChI=1S/C22H32FN5O5S/c1-16-11-28(17(2)14-29)22(30)8-5-9-27-12-19(24-25-27)15-33-21(16)13-26(3)34(31,32)20-7-4-6-18(23)10-20/h4,6-7,10,12,16-17,21,29H,5,8-9,11,13-15H2,1-3H3/t16-,17-,21+/m1/s1. The SMILES string of the molecule is C[C@@H]1CN([C@H](C)CO)C(=O)CCCn2cc(nn2)CO[C@H]1CN(C)S(=O)(=O)c1cccc(F)c1. The first-order valence-corrected chi connectivity index (χ1v) is 12.7. The van der Waals surface area contributed by atoms with Gasteiger partial charge in [-0.3, -0.25) is 9.48 Å². The molecule has 2 heterocycles. The average molecular weight is 498 g/mol. The molecule has 0 fully saturated rings. The topological polar surface area (TPSA) is 118 Å². The second kappa shape index (κ2) is 11.3. The van der Waals surface area contributed by atoms with E-state index in [4.69, 9.17) is 4.74 Å². The number of carbonyl (C=O) groups excluding carboxylic acids is 1. The summed E-state index contributed by atoms with van der Waals surface area (Å²) in [7, 11) is -2.56. The molecule has 3 rings (SSSR count).